The zero-order chi connectivity index (χ0) is 52.2. The van der Waals surface area contributed by atoms with Crippen LogP contribution in [0.3, 0.4) is 0 Å². The first kappa shape index (κ1) is 58.8. The topological polar surface area (TPSA) is 281 Å². The van der Waals surface area contributed by atoms with Gasteiger partial charge in [-0.25, -0.2) is 4.79 Å². The molecule has 0 spiro atoms. The molecule has 2 aromatic carbocycles. The van der Waals surface area contributed by atoms with E-state index in [1.54, 1.807) is 75.4 Å². The minimum Gasteiger partial charge on any atom is -0.617 e. The van der Waals surface area contributed by atoms with E-state index in [0.717, 1.165) is 5.56 Å². The number of carbonyl (C=O) groups excluding carboxylic acids is 7. The van der Waals surface area contributed by atoms with Crippen molar-refractivity contribution in [2.24, 2.45) is 29.4 Å². The molecule has 388 valence electrons. The number of aliphatic carboxylic acids is 1. The van der Waals surface area contributed by atoms with Crippen LogP contribution in [0.2, 0.25) is 0 Å². The number of nitrogens with one attached hydrogen (secondary N) is 6. The summed E-state index contributed by atoms with van der Waals surface area (Å²) < 4.78 is 11.6. The number of likely N-dealkylation sites (tertiary alicyclic amines) is 1. The zero-order valence-electron chi connectivity index (χ0n) is 42.3. The number of nitrogens with zero attached hydrogens (tertiary/aromatic N) is 1. The van der Waals surface area contributed by atoms with Crippen LogP contribution in [0.5, 0.6) is 0 Å². The zero-order valence-corrected chi connectivity index (χ0v) is 43.1. The van der Waals surface area contributed by atoms with Crippen molar-refractivity contribution >= 4 is 58.5 Å². The van der Waals surface area contributed by atoms with E-state index in [4.69, 9.17) is 5.73 Å². The second kappa shape index (κ2) is 29.0. The minimum atomic E-state index is -1.20. The molecule has 0 bridgehead atoms. The maximum atomic E-state index is 14.7. The smallest absolute Gasteiger partial charge is 0.326 e. The summed E-state index contributed by atoms with van der Waals surface area (Å²) in [5, 5.41) is 26.5. The van der Waals surface area contributed by atoms with Gasteiger partial charge in [-0.05, 0) is 60.5 Å². The third-order valence-corrected chi connectivity index (χ3v) is 13.2. The maximum Gasteiger partial charge on any atom is 0.326 e. The molecule has 18 nitrogen and oxygen atoms in total. The van der Waals surface area contributed by atoms with E-state index < -0.39 is 119 Å². The molecular formula is C51H78N8O10S. The van der Waals surface area contributed by atoms with Gasteiger partial charge >= 0.3 is 5.97 Å². The monoisotopic (exact) mass is 995 g/mol. The van der Waals surface area contributed by atoms with E-state index in [-0.39, 0.29) is 62.7 Å². The fraction of sp³-hybridized carbons (Fsp3) is 0.608. The highest BCUT2D eigenvalue weighted by molar-refractivity contribution is 7.90. The Morgan fingerprint density at radius 2 is 1.14 bits per heavy atom. The number of benzene rings is 2. The summed E-state index contributed by atoms with van der Waals surface area (Å²) in [6.07, 6.45) is 3.35. The van der Waals surface area contributed by atoms with Gasteiger partial charge in [0.05, 0.1) is 12.3 Å². The fourth-order valence-corrected chi connectivity index (χ4v) is 8.83. The summed E-state index contributed by atoms with van der Waals surface area (Å²) >= 11 is -1.17. The van der Waals surface area contributed by atoms with Gasteiger partial charge in [-0.3, -0.25) is 33.6 Å². The van der Waals surface area contributed by atoms with Crippen LogP contribution in [0, 0.1) is 23.7 Å². The highest BCUT2D eigenvalue weighted by Gasteiger charge is 2.41. The molecule has 1 heterocycles. The molecule has 0 saturated carbocycles. The lowest BCUT2D eigenvalue weighted by Gasteiger charge is -2.32. The van der Waals surface area contributed by atoms with Crippen LogP contribution in [0.25, 0.3) is 0 Å². The van der Waals surface area contributed by atoms with Crippen molar-refractivity contribution in [1.29, 1.82) is 0 Å². The van der Waals surface area contributed by atoms with E-state index >= 15 is 0 Å². The molecule has 1 unspecified atom stereocenters. The molecule has 1 fully saturated rings. The van der Waals surface area contributed by atoms with Gasteiger partial charge in [0.15, 0.2) is 0 Å². The molecule has 7 amide bonds. The molecule has 0 aromatic heterocycles. The normalized spacial score (nSPS) is 17.5. The number of hydrogen-bond acceptors (Lipinski definition) is 10. The van der Waals surface area contributed by atoms with Crippen LogP contribution in [0.4, 0.5) is 0 Å². The highest BCUT2D eigenvalue weighted by atomic mass is 32.2. The molecule has 2 aromatic rings. The minimum absolute atomic E-state index is 0.0359. The van der Waals surface area contributed by atoms with Gasteiger partial charge in [-0.1, -0.05) is 134 Å². The Morgan fingerprint density at radius 1 is 0.671 bits per heavy atom. The van der Waals surface area contributed by atoms with Gasteiger partial charge in [0.2, 0.25) is 41.4 Å². The molecule has 1 aliphatic heterocycles. The van der Waals surface area contributed by atoms with Crippen molar-refractivity contribution in [3.63, 3.8) is 0 Å². The third-order valence-electron chi connectivity index (χ3n) is 12.4. The number of carboxylic acids is 1. The molecule has 0 radical (unpaired) electrons. The van der Waals surface area contributed by atoms with Gasteiger partial charge in [0.1, 0.15) is 48.0 Å². The van der Waals surface area contributed by atoms with E-state index in [2.05, 4.69) is 31.9 Å². The summed E-state index contributed by atoms with van der Waals surface area (Å²) in [5.74, 6) is -6.37. The Balaban J connectivity index is 1.88. The molecule has 19 heteroatoms. The predicted octanol–water partition coefficient (Wildman–Crippen LogP) is 2.35. The lowest BCUT2D eigenvalue weighted by Crippen LogP contribution is -2.61. The number of amides is 7. The number of rotatable bonds is 28. The van der Waals surface area contributed by atoms with Crippen LogP contribution in [0.15, 0.2) is 60.7 Å². The Morgan fingerprint density at radius 3 is 1.64 bits per heavy atom. The molecule has 1 aliphatic rings. The Kier molecular flexibility index (Phi) is 24.3. The summed E-state index contributed by atoms with van der Waals surface area (Å²) in [4.78, 5) is 112. The number of hydrogen-bond donors (Lipinski definition) is 8. The van der Waals surface area contributed by atoms with Crippen LogP contribution < -0.4 is 37.6 Å². The molecule has 70 heavy (non-hydrogen) atoms. The first-order valence-corrected chi connectivity index (χ1v) is 26.2. The average Bonchev–Trinajstić information content (AvgIpc) is 3.80. The first-order chi connectivity index (χ1) is 33.0. The van der Waals surface area contributed by atoms with Crippen LogP contribution in [0.1, 0.15) is 105 Å². The third kappa shape index (κ3) is 19.0. The quantitative estimate of drug-likeness (QED) is 0.0573. The van der Waals surface area contributed by atoms with Crippen molar-refractivity contribution in [2.75, 3.05) is 18.6 Å². The molecule has 9 N–H and O–H groups in total. The highest BCUT2D eigenvalue weighted by Crippen LogP contribution is 2.22. The van der Waals surface area contributed by atoms with Crippen molar-refractivity contribution in [3.05, 3.63) is 71.8 Å². The van der Waals surface area contributed by atoms with Crippen molar-refractivity contribution in [2.45, 2.75) is 155 Å². The molecule has 0 aliphatic carbocycles. The van der Waals surface area contributed by atoms with E-state index in [1.165, 1.54) is 11.2 Å². The second-order valence-electron chi connectivity index (χ2n) is 19.7. The fourth-order valence-electron chi connectivity index (χ4n) is 8.25. The Bertz CT molecular complexity index is 2040. The largest absolute Gasteiger partial charge is 0.617 e. The maximum absolute atomic E-state index is 14.7. The van der Waals surface area contributed by atoms with Crippen molar-refractivity contribution in [1.82, 2.24) is 36.8 Å². The van der Waals surface area contributed by atoms with Gasteiger partial charge in [-0.15, -0.1) is 0 Å². The standard InChI is InChI=1S/C51H78N8O10S/c1-10-33(8)43(51(67)68)58-47(63)39(28-34-18-13-11-14-19-34)54-45(61)37(26-30(2)3)55-48(64)41-22-17-24-59(41)50(66)40(29-35-20-15-12-16-21-35)56-49(65)42(32(6)7)57-46(62)38(27-31(4)5)53-44(60)36(52)23-25-70(9)69/h11-16,18-21,30-33,36-43H,10,17,22-29,52H2,1-9H3,(H,53,60)(H,54,61)(H,55,64)(H,56,65)(H,57,62)(H,58,63)(H,67,68)/t33-,36-,37-,38-,39-,40-,41-,42-,43-,70?/m0/s1. The van der Waals surface area contributed by atoms with Crippen LogP contribution >= 0.6 is 0 Å². The summed E-state index contributed by atoms with van der Waals surface area (Å²) in [6, 6.07) is 9.01. The van der Waals surface area contributed by atoms with E-state index in [0.29, 0.717) is 18.4 Å². The number of nitrogens with two attached hydrogens (primary N) is 1. The molecule has 1 saturated heterocycles. The van der Waals surface area contributed by atoms with E-state index in [9.17, 15) is 48.0 Å². The molecule has 10 atom stereocenters. The van der Waals surface area contributed by atoms with Gasteiger partial charge in [0, 0.05) is 25.8 Å². The predicted molar refractivity (Wildman–Crippen MR) is 269 cm³/mol. The van der Waals surface area contributed by atoms with Crippen LogP contribution in [-0.4, -0.2) is 129 Å². The number of carbonyl (C=O) groups is 8. The van der Waals surface area contributed by atoms with Gasteiger partial charge < -0.3 is 52.2 Å². The van der Waals surface area contributed by atoms with Gasteiger partial charge in [0.25, 0.3) is 0 Å². The number of carboxylic acid groups (broad SMARTS) is 1. The first-order valence-electron chi connectivity index (χ1n) is 24.5. The SMILES string of the molecule is CC[C@H](C)[C@H](NC(=O)[C@H](Cc1ccccc1)NC(=O)[C@H](CC(C)C)NC(=O)[C@@H]1CCCN1C(=O)[C@H](Cc1ccccc1)NC(=O)[C@@H](NC(=O)[C@H](CC(C)C)NC(=O)[C@@H](N)CC[S+](C)[O-])C(C)C)C(=O)O. The van der Waals surface area contributed by atoms with Crippen LogP contribution in [-0.2, 0) is 62.4 Å². The van der Waals surface area contributed by atoms with Crippen molar-refractivity contribution in [3.8, 4) is 0 Å². The Labute approximate surface area is 416 Å². The summed E-state index contributed by atoms with van der Waals surface area (Å²) in [7, 11) is 0. The summed E-state index contributed by atoms with van der Waals surface area (Å²) in [5.41, 5.74) is 7.49. The lowest BCUT2D eigenvalue weighted by atomic mass is 9.97. The Hall–Kier alpha value is -5.53. The summed E-state index contributed by atoms with van der Waals surface area (Å²) in [6.45, 7) is 14.7. The molecule has 3 rings (SSSR count). The van der Waals surface area contributed by atoms with Gasteiger partial charge in [-0.2, -0.15) is 0 Å². The lowest BCUT2D eigenvalue weighted by molar-refractivity contribution is -0.144. The average molecular weight is 995 g/mol. The van der Waals surface area contributed by atoms with E-state index in [1.807, 2.05) is 40.7 Å². The second-order valence-corrected chi connectivity index (χ2v) is 21.2. The molecular weight excluding hydrogens is 917 g/mol. The van der Waals surface area contributed by atoms with Crippen molar-refractivity contribution < 1.29 is 48.0 Å².